The van der Waals surface area contributed by atoms with E-state index < -0.39 is 0 Å². The fraction of sp³-hybridized carbons (Fsp3) is 0.259. The van der Waals surface area contributed by atoms with Gasteiger partial charge in [0.25, 0.3) is 0 Å². The second kappa shape index (κ2) is 10.7. The Morgan fingerprint density at radius 1 is 0.774 bits per heavy atom. The predicted octanol–water partition coefficient (Wildman–Crippen LogP) is 5.24. The van der Waals surface area contributed by atoms with Crippen LogP contribution >= 0.6 is 0 Å². The summed E-state index contributed by atoms with van der Waals surface area (Å²) in [6.45, 7) is 3.29. The average molecular weight is 415 g/mol. The summed E-state index contributed by atoms with van der Waals surface area (Å²) in [6.07, 6.45) is 5.42. The molecule has 0 bridgehead atoms. The smallest absolute Gasteiger partial charge is 0.118 e. The van der Waals surface area contributed by atoms with E-state index >= 15 is 0 Å². The van der Waals surface area contributed by atoms with Crippen LogP contribution in [-0.2, 0) is 17.8 Å². The van der Waals surface area contributed by atoms with Gasteiger partial charge in [0, 0.05) is 25.5 Å². The number of hydrogen-bond donors (Lipinski definition) is 0. The standard InChI is InChI=1S/C27H30N2O2/c1-30-26-14-12-24(13-15-26)21-31-27(25-10-6-3-7-11-25)20-29-19-18-28(22-29)17-16-23-8-4-2-5-9-23/h2-15,18-19,27H,16-17,20-22H2,1H3. The number of ether oxygens (including phenoxy) is 2. The molecule has 0 N–H and O–H groups in total. The highest BCUT2D eigenvalue weighted by atomic mass is 16.5. The zero-order valence-electron chi connectivity index (χ0n) is 18.1. The largest absolute Gasteiger partial charge is 0.497 e. The molecule has 4 heteroatoms. The van der Waals surface area contributed by atoms with Crippen LogP contribution in [0.2, 0.25) is 0 Å². The van der Waals surface area contributed by atoms with Crippen LogP contribution in [0.1, 0.15) is 22.8 Å². The molecule has 31 heavy (non-hydrogen) atoms. The van der Waals surface area contributed by atoms with E-state index in [1.807, 2.05) is 18.2 Å². The van der Waals surface area contributed by atoms with Crippen molar-refractivity contribution in [1.82, 2.24) is 9.80 Å². The van der Waals surface area contributed by atoms with Crippen LogP contribution < -0.4 is 4.74 Å². The molecule has 0 saturated heterocycles. The average Bonchev–Trinajstić information content (AvgIpc) is 3.29. The van der Waals surface area contributed by atoms with Gasteiger partial charge in [-0.15, -0.1) is 0 Å². The molecular formula is C27H30N2O2. The molecule has 4 nitrogen and oxygen atoms in total. The van der Waals surface area contributed by atoms with Gasteiger partial charge in [-0.1, -0.05) is 72.8 Å². The first-order chi connectivity index (χ1) is 15.3. The summed E-state index contributed by atoms with van der Waals surface area (Å²) < 4.78 is 11.6. The third-order valence-electron chi connectivity index (χ3n) is 5.56. The molecule has 160 valence electrons. The van der Waals surface area contributed by atoms with Crippen molar-refractivity contribution in [3.8, 4) is 5.75 Å². The Labute approximate surface area is 185 Å². The maximum atomic E-state index is 6.38. The summed E-state index contributed by atoms with van der Waals surface area (Å²) in [5.41, 5.74) is 3.72. The Hall–Kier alpha value is -3.24. The Morgan fingerprint density at radius 2 is 1.45 bits per heavy atom. The summed E-state index contributed by atoms with van der Waals surface area (Å²) in [5.74, 6) is 0.862. The topological polar surface area (TPSA) is 24.9 Å². The van der Waals surface area contributed by atoms with Gasteiger partial charge in [-0.2, -0.15) is 0 Å². The van der Waals surface area contributed by atoms with Crippen LogP contribution in [0.25, 0.3) is 0 Å². The number of methoxy groups -OCH3 is 1. The number of benzene rings is 3. The van der Waals surface area contributed by atoms with Crippen LogP contribution in [0.15, 0.2) is 97.3 Å². The molecular weight excluding hydrogens is 384 g/mol. The highest BCUT2D eigenvalue weighted by Crippen LogP contribution is 2.23. The number of nitrogens with zero attached hydrogens (tertiary/aromatic N) is 2. The normalized spacial score (nSPS) is 14.1. The molecule has 1 aliphatic rings. The van der Waals surface area contributed by atoms with Gasteiger partial charge < -0.3 is 19.3 Å². The lowest BCUT2D eigenvalue weighted by molar-refractivity contribution is 0.0196. The highest BCUT2D eigenvalue weighted by molar-refractivity contribution is 5.27. The van der Waals surface area contributed by atoms with Crippen molar-refractivity contribution >= 4 is 0 Å². The summed E-state index contributed by atoms with van der Waals surface area (Å²) in [5, 5.41) is 0. The van der Waals surface area contributed by atoms with Gasteiger partial charge in [0.2, 0.25) is 0 Å². The second-order valence-corrected chi connectivity index (χ2v) is 7.82. The molecule has 3 aromatic carbocycles. The van der Waals surface area contributed by atoms with E-state index in [0.717, 1.165) is 37.5 Å². The van der Waals surface area contributed by atoms with Crippen molar-refractivity contribution < 1.29 is 9.47 Å². The zero-order chi connectivity index (χ0) is 21.3. The lowest BCUT2D eigenvalue weighted by Gasteiger charge is -2.26. The Balaban J connectivity index is 1.33. The molecule has 3 aromatic rings. The molecule has 1 aliphatic heterocycles. The molecule has 4 rings (SSSR count). The summed E-state index contributed by atoms with van der Waals surface area (Å²) >= 11 is 0. The lowest BCUT2D eigenvalue weighted by Crippen LogP contribution is -2.30. The molecule has 1 heterocycles. The Kier molecular flexibility index (Phi) is 7.24. The second-order valence-electron chi connectivity index (χ2n) is 7.82. The minimum absolute atomic E-state index is 0.00188. The van der Waals surface area contributed by atoms with Gasteiger partial charge in [0.15, 0.2) is 0 Å². The Morgan fingerprint density at radius 3 is 2.16 bits per heavy atom. The van der Waals surface area contributed by atoms with Gasteiger partial charge in [-0.3, -0.25) is 0 Å². The molecule has 0 aromatic heterocycles. The molecule has 0 aliphatic carbocycles. The van der Waals surface area contributed by atoms with Crippen LogP contribution in [0.3, 0.4) is 0 Å². The van der Waals surface area contributed by atoms with Crippen molar-refractivity contribution in [2.75, 3.05) is 26.9 Å². The molecule has 0 radical (unpaired) electrons. The van der Waals surface area contributed by atoms with Crippen molar-refractivity contribution in [2.24, 2.45) is 0 Å². The minimum atomic E-state index is 0.00188. The van der Waals surface area contributed by atoms with Crippen LogP contribution in [0.4, 0.5) is 0 Å². The molecule has 0 spiro atoms. The van der Waals surface area contributed by atoms with Gasteiger partial charge >= 0.3 is 0 Å². The van der Waals surface area contributed by atoms with E-state index in [1.165, 1.54) is 11.1 Å². The monoisotopic (exact) mass is 414 g/mol. The molecule has 0 fully saturated rings. The van der Waals surface area contributed by atoms with Gasteiger partial charge in [0.05, 0.1) is 20.4 Å². The fourth-order valence-electron chi connectivity index (χ4n) is 3.75. The van der Waals surface area contributed by atoms with E-state index in [4.69, 9.17) is 9.47 Å². The third kappa shape index (κ3) is 6.12. The van der Waals surface area contributed by atoms with Crippen molar-refractivity contribution in [3.63, 3.8) is 0 Å². The molecule has 0 saturated carbocycles. The first-order valence-corrected chi connectivity index (χ1v) is 10.8. The quantitative estimate of drug-likeness (QED) is 0.453. The van der Waals surface area contributed by atoms with Crippen molar-refractivity contribution in [3.05, 3.63) is 114 Å². The SMILES string of the molecule is COc1ccc(COC(CN2C=CN(CCc3ccccc3)C2)c2ccccc2)cc1. The Bertz CT molecular complexity index is 942. The van der Waals surface area contributed by atoms with Gasteiger partial charge in [-0.05, 0) is 35.2 Å². The first kappa shape index (κ1) is 21.0. The number of hydrogen-bond acceptors (Lipinski definition) is 4. The van der Waals surface area contributed by atoms with Crippen LogP contribution in [-0.4, -0.2) is 36.7 Å². The number of rotatable bonds is 10. The first-order valence-electron chi connectivity index (χ1n) is 10.8. The summed E-state index contributed by atoms with van der Waals surface area (Å²) in [6, 6.07) is 29.2. The minimum Gasteiger partial charge on any atom is -0.497 e. The zero-order valence-corrected chi connectivity index (χ0v) is 18.1. The van der Waals surface area contributed by atoms with Crippen molar-refractivity contribution in [1.29, 1.82) is 0 Å². The van der Waals surface area contributed by atoms with Gasteiger partial charge in [0.1, 0.15) is 11.9 Å². The molecule has 1 atom stereocenters. The van der Waals surface area contributed by atoms with Crippen molar-refractivity contribution in [2.45, 2.75) is 19.1 Å². The maximum Gasteiger partial charge on any atom is 0.118 e. The molecule has 0 amide bonds. The summed E-state index contributed by atoms with van der Waals surface area (Å²) in [7, 11) is 1.68. The van der Waals surface area contributed by atoms with E-state index in [-0.39, 0.29) is 6.10 Å². The predicted molar refractivity (Wildman–Crippen MR) is 125 cm³/mol. The van der Waals surface area contributed by atoms with E-state index in [0.29, 0.717) is 6.61 Å². The lowest BCUT2D eigenvalue weighted by atomic mass is 10.1. The molecule has 1 unspecified atom stereocenters. The fourth-order valence-corrected chi connectivity index (χ4v) is 3.75. The maximum absolute atomic E-state index is 6.38. The summed E-state index contributed by atoms with van der Waals surface area (Å²) in [4.78, 5) is 4.69. The van der Waals surface area contributed by atoms with Crippen LogP contribution in [0, 0.1) is 0 Å². The van der Waals surface area contributed by atoms with Crippen LogP contribution in [0.5, 0.6) is 5.75 Å². The van der Waals surface area contributed by atoms with Gasteiger partial charge in [-0.25, -0.2) is 0 Å². The highest BCUT2D eigenvalue weighted by Gasteiger charge is 2.19. The van der Waals surface area contributed by atoms with E-state index in [9.17, 15) is 0 Å². The third-order valence-corrected chi connectivity index (χ3v) is 5.56. The van der Waals surface area contributed by atoms with E-state index in [1.54, 1.807) is 7.11 Å². The van der Waals surface area contributed by atoms with E-state index in [2.05, 4.69) is 88.9 Å².